The number of carbonyl (C=O) groups excluding carboxylic acids is 1. The number of ether oxygens (including phenoxy) is 1. The molecular formula is C21H22IN3O2S. The molecule has 3 aromatic rings. The van der Waals surface area contributed by atoms with Gasteiger partial charge in [-0.1, -0.05) is 6.42 Å². The third kappa shape index (κ3) is 4.00. The SMILES string of the molecule is Cc1cc(I)ccc1Nc1ncnc2sc(C(=O)OC3CCCCC3)c(C)c12. The van der Waals surface area contributed by atoms with Crippen LogP contribution in [0.15, 0.2) is 24.5 Å². The monoisotopic (exact) mass is 507 g/mol. The second kappa shape index (κ2) is 8.32. The van der Waals surface area contributed by atoms with Gasteiger partial charge in [-0.2, -0.15) is 0 Å². The number of thiophene rings is 1. The molecule has 0 aliphatic heterocycles. The van der Waals surface area contributed by atoms with Crippen molar-refractivity contribution in [3.63, 3.8) is 0 Å². The van der Waals surface area contributed by atoms with Crippen molar-refractivity contribution in [3.8, 4) is 0 Å². The number of rotatable bonds is 4. The second-order valence-electron chi connectivity index (χ2n) is 7.21. The predicted molar refractivity (Wildman–Crippen MR) is 122 cm³/mol. The van der Waals surface area contributed by atoms with E-state index in [-0.39, 0.29) is 12.1 Å². The lowest BCUT2D eigenvalue weighted by Crippen LogP contribution is -2.20. The van der Waals surface area contributed by atoms with E-state index in [0.717, 1.165) is 58.5 Å². The van der Waals surface area contributed by atoms with Gasteiger partial charge in [-0.25, -0.2) is 14.8 Å². The topological polar surface area (TPSA) is 64.1 Å². The van der Waals surface area contributed by atoms with E-state index in [2.05, 4.69) is 56.9 Å². The molecule has 0 radical (unpaired) electrons. The van der Waals surface area contributed by atoms with Crippen molar-refractivity contribution >= 4 is 61.6 Å². The molecule has 2 aromatic heterocycles. The summed E-state index contributed by atoms with van der Waals surface area (Å²) >= 11 is 3.69. The number of hydrogen-bond donors (Lipinski definition) is 1. The fraction of sp³-hybridized carbons (Fsp3) is 0.381. The number of anilines is 2. The number of halogens is 1. The molecule has 0 saturated heterocycles. The average Bonchev–Trinajstić information content (AvgIpc) is 3.03. The standard InChI is InChI=1S/C21H22IN3O2S/c1-12-10-14(22)8-9-16(12)25-19-17-13(2)18(28-20(17)24-11-23-19)21(26)27-15-6-4-3-5-7-15/h8-11,15H,3-7H2,1-2H3,(H,23,24,25). The summed E-state index contributed by atoms with van der Waals surface area (Å²) in [6.07, 6.45) is 7.03. The van der Waals surface area contributed by atoms with Crippen LogP contribution in [0.1, 0.15) is 52.9 Å². The molecule has 146 valence electrons. The average molecular weight is 507 g/mol. The highest BCUT2D eigenvalue weighted by Crippen LogP contribution is 2.36. The minimum absolute atomic E-state index is 0.0454. The van der Waals surface area contributed by atoms with Gasteiger partial charge in [-0.05, 0) is 91.4 Å². The van der Waals surface area contributed by atoms with Gasteiger partial charge in [0.1, 0.15) is 28.0 Å². The van der Waals surface area contributed by atoms with Crippen molar-refractivity contribution < 1.29 is 9.53 Å². The van der Waals surface area contributed by atoms with Crippen molar-refractivity contribution in [2.75, 3.05) is 5.32 Å². The molecule has 0 bridgehead atoms. The van der Waals surface area contributed by atoms with Crippen LogP contribution in [0.4, 0.5) is 11.5 Å². The summed E-state index contributed by atoms with van der Waals surface area (Å²) in [7, 11) is 0. The Morgan fingerprint density at radius 3 is 2.75 bits per heavy atom. The fourth-order valence-corrected chi connectivity index (χ4v) is 5.32. The van der Waals surface area contributed by atoms with Gasteiger partial charge in [-0.15, -0.1) is 11.3 Å². The van der Waals surface area contributed by atoms with Gasteiger partial charge in [-0.3, -0.25) is 0 Å². The fourth-order valence-electron chi connectivity index (χ4n) is 3.64. The number of benzene rings is 1. The van der Waals surface area contributed by atoms with Crippen LogP contribution in [0.25, 0.3) is 10.2 Å². The van der Waals surface area contributed by atoms with Crippen LogP contribution in [-0.4, -0.2) is 22.0 Å². The van der Waals surface area contributed by atoms with Crippen molar-refractivity contribution in [1.29, 1.82) is 0 Å². The molecular weight excluding hydrogens is 485 g/mol. The summed E-state index contributed by atoms with van der Waals surface area (Å²) in [6.45, 7) is 4.02. The normalized spacial score (nSPS) is 15.0. The first-order chi connectivity index (χ1) is 13.5. The van der Waals surface area contributed by atoms with E-state index in [4.69, 9.17) is 4.74 Å². The molecule has 1 aliphatic carbocycles. The zero-order valence-electron chi connectivity index (χ0n) is 15.9. The van der Waals surface area contributed by atoms with Crippen molar-refractivity contribution in [3.05, 3.63) is 44.1 Å². The summed E-state index contributed by atoms with van der Waals surface area (Å²) in [4.78, 5) is 23.0. The molecule has 0 spiro atoms. The first-order valence-electron chi connectivity index (χ1n) is 9.51. The molecule has 1 saturated carbocycles. The van der Waals surface area contributed by atoms with Gasteiger partial charge < -0.3 is 10.1 Å². The van der Waals surface area contributed by atoms with Crippen molar-refractivity contribution in [1.82, 2.24) is 9.97 Å². The number of fused-ring (bicyclic) bond motifs is 1. The number of aryl methyl sites for hydroxylation is 2. The quantitative estimate of drug-likeness (QED) is 0.339. The molecule has 0 unspecified atom stereocenters. The van der Waals surface area contributed by atoms with E-state index in [0.29, 0.717) is 4.88 Å². The Morgan fingerprint density at radius 1 is 1.21 bits per heavy atom. The van der Waals surface area contributed by atoms with Crippen LogP contribution in [0.5, 0.6) is 0 Å². The van der Waals surface area contributed by atoms with E-state index in [1.54, 1.807) is 6.33 Å². The molecule has 4 rings (SSSR count). The molecule has 1 N–H and O–H groups in total. The van der Waals surface area contributed by atoms with Gasteiger partial charge in [0.25, 0.3) is 0 Å². The predicted octanol–water partition coefficient (Wildman–Crippen LogP) is 6.15. The third-order valence-corrected chi connectivity index (χ3v) is 7.03. The minimum Gasteiger partial charge on any atom is -0.458 e. The number of hydrogen-bond acceptors (Lipinski definition) is 6. The summed E-state index contributed by atoms with van der Waals surface area (Å²) < 4.78 is 6.97. The number of carbonyl (C=O) groups is 1. The number of nitrogens with zero attached hydrogens (tertiary/aromatic N) is 2. The Labute approximate surface area is 182 Å². The lowest BCUT2D eigenvalue weighted by Gasteiger charge is -2.21. The molecule has 0 atom stereocenters. The third-order valence-electron chi connectivity index (χ3n) is 5.18. The highest BCUT2D eigenvalue weighted by molar-refractivity contribution is 14.1. The number of esters is 1. The molecule has 1 aromatic carbocycles. The molecule has 2 heterocycles. The van der Waals surface area contributed by atoms with Crippen LogP contribution >= 0.6 is 33.9 Å². The maximum absolute atomic E-state index is 12.8. The summed E-state index contributed by atoms with van der Waals surface area (Å²) in [5.74, 6) is 0.489. The van der Waals surface area contributed by atoms with Crippen LogP contribution in [0.2, 0.25) is 0 Å². The van der Waals surface area contributed by atoms with E-state index in [1.807, 2.05) is 13.0 Å². The second-order valence-corrected chi connectivity index (χ2v) is 9.45. The number of aromatic nitrogens is 2. The van der Waals surface area contributed by atoms with Gasteiger partial charge in [0.2, 0.25) is 0 Å². The molecule has 1 fully saturated rings. The van der Waals surface area contributed by atoms with Gasteiger partial charge in [0.15, 0.2) is 0 Å². The van der Waals surface area contributed by atoms with Gasteiger partial charge in [0.05, 0.1) is 5.39 Å². The summed E-state index contributed by atoms with van der Waals surface area (Å²) in [6, 6.07) is 6.22. The Kier molecular flexibility index (Phi) is 5.82. The summed E-state index contributed by atoms with van der Waals surface area (Å²) in [5.41, 5.74) is 3.02. The smallest absolute Gasteiger partial charge is 0.348 e. The van der Waals surface area contributed by atoms with Crippen molar-refractivity contribution in [2.45, 2.75) is 52.1 Å². The number of nitrogens with one attached hydrogen (secondary N) is 1. The van der Waals surface area contributed by atoms with E-state index in [9.17, 15) is 4.79 Å². The molecule has 1 aliphatic rings. The van der Waals surface area contributed by atoms with E-state index in [1.165, 1.54) is 21.3 Å². The van der Waals surface area contributed by atoms with Crippen LogP contribution in [-0.2, 0) is 4.74 Å². The maximum Gasteiger partial charge on any atom is 0.348 e. The van der Waals surface area contributed by atoms with Crippen molar-refractivity contribution in [2.24, 2.45) is 0 Å². The Hall–Kier alpha value is -1.74. The lowest BCUT2D eigenvalue weighted by molar-refractivity contribution is 0.0216. The lowest BCUT2D eigenvalue weighted by atomic mass is 9.98. The molecule has 7 heteroatoms. The van der Waals surface area contributed by atoms with E-state index >= 15 is 0 Å². The largest absolute Gasteiger partial charge is 0.458 e. The molecule has 0 amide bonds. The van der Waals surface area contributed by atoms with Gasteiger partial charge >= 0.3 is 5.97 Å². The zero-order valence-corrected chi connectivity index (χ0v) is 18.9. The highest BCUT2D eigenvalue weighted by Gasteiger charge is 2.24. The first kappa shape index (κ1) is 19.6. The van der Waals surface area contributed by atoms with E-state index < -0.39 is 0 Å². The zero-order chi connectivity index (χ0) is 19.7. The molecule has 28 heavy (non-hydrogen) atoms. The Balaban J connectivity index is 1.65. The summed E-state index contributed by atoms with van der Waals surface area (Å²) in [5, 5.41) is 4.31. The minimum atomic E-state index is -0.233. The van der Waals surface area contributed by atoms with Crippen LogP contribution in [0.3, 0.4) is 0 Å². The Morgan fingerprint density at radius 2 is 2.00 bits per heavy atom. The Bertz CT molecular complexity index is 1030. The maximum atomic E-state index is 12.8. The van der Waals surface area contributed by atoms with Crippen LogP contribution in [0, 0.1) is 17.4 Å². The van der Waals surface area contributed by atoms with Gasteiger partial charge in [0, 0.05) is 9.26 Å². The van der Waals surface area contributed by atoms with Crippen LogP contribution < -0.4 is 5.32 Å². The first-order valence-corrected chi connectivity index (χ1v) is 11.4. The molecule has 5 nitrogen and oxygen atoms in total. The highest BCUT2D eigenvalue weighted by atomic mass is 127.